The number of H-pyrrole nitrogens is 1. The molecule has 1 aromatic rings. The monoisotopic (exact) mass is 275 g/mol. The van der Waals surface area contributed by atoms with E-state index in [2.05, 4.69) is 5.73 Å². The Morgan fingerprint density at radius 3 is 2.63 bits per heavy atom. The first kappa shape index (κ1) is 13.4. The van der Waals surface area contributed by atoms with Gasteiger partial charge in [0.05, 0.1) is 12.1 Å². The lowest BCUT2D eigenvalue weighted by Crippen LogP contribution is -2.13. The standard InChI is InChI=1S/C11H12F3N3O2/c1-16-5-6-19-8(16)4-3-7-9(11(12,13)14)15-17(2)10(7)18/h3,15H,5-6H2,1-2H3. The van der Waals surface area contributed by atoms with Crippen molar-refractivity contribution in [3.63, 3.8) is 0 Å². The summed E-state index contributed by atoms with van der Waals surface area (Å²) in [6, 6.07) is 0. The molecule has 0 amide bonds. The number of aryl methyl sites for hydroxylation is 1. The molecule has 0 spiro atoms. The minimum absolute atomic E-state index is 0.316. The summed E-state index contributed by atoms with van der Waals surface area (Å²) in [7, 11) is 2.95. The molecule has 8 heteroatoms. The average Bonchev–Trinajstić information content (AvgIpc) is 2.82. The van der Waals surface area contributed by atoms with Gasteiger partial charge in [0.1, 0.15) is 12.3 Å². The van der Waals surface area contributed by atoms with E-state index in [1.807, 2.05) is 5.10 Å². The molecule has 1 N–H and O–H groups in total. The molecule has 0 aromatic carbocycles. The van der Waals surface area contributed by atoms with Crippen molar-refractivity contribution in [1.82, 2.24) is 14.7 Å². The number of hydrogen-bond donors (Lipinski definition) is 1. The lowest BCUT2D eigenvalue weighted by atomic mass is 10.2. The van der Waals surface area contributed by atoms with Gasteiger partial charge in [-0.15, -0.1) is 0 Å². The van der Waals surface area contributed by atoms with E-state index in [0.717, 1.165) is 10.8 Å². The van der Waals surface area contributed by atoms with Gasteiger partial charge in [-0.25, -0.2) is 0 Å². The molecule has 0 aliphatic carbocycles. The number of nitrogens with one attached hydrogen (secondary N) is 1. The predicted molar refractivity (Wildman–Crippen MR) is 61.1 cm³/mol. The minimum Gasteiger partial charge on any atom is -0.471 e. The molecule has 1 aliphatic rings. The molecule has 0 radical (unpaired) electrons. The van der Waals surface area contributed by atoms with Crippen molar-refractivity contribution in [2.75, 3.05) is 20.2 Å². The van der Waals surface area contributed by atoms with Gasteiger partial charge < -0.3 is 9.64 Å². The third kappa shape index (κ3) is 2.53. The van der Waals surface area contributed by atoms with E-state index in [1.165, 1.54) is 7.05 Å². The Bertz CT molecular complexity index is 606. The van der Waals surface area contributed by atoms with Crippen LogP contribution in [-0.2, 0) is 18.0 Å². The highest BCUT2D eigenvalue weighted by molar-refractivity contribution is 5.51. The van der Waals surface area contributed by atoms with E-state index in [1.54, 1.807) is 11.9 Å². The molecule has 1 fully saturated rings. The lowest BCUT2D eigenvalue weighted by molar-refractivity contribution is -0.141. The zero-order chi connectivity index (χ0) is 14.2. The van der Waals surface area contributed by atoms with Crippen LogP contribution in [0.15, 0.2) is 16.4 Å². The van der Waals surface area contributed by atoms with Crippen LogP contribution in [0.25, 0.3) is 6.08 Å². The molecule has 0 saturated carbocycles. The number of alkyl halides is 3. The van der Waals surface area contributed by atoms with Gasteiger partial charge >= 0.3 is 6.18 Å². The highest BCUT2D eigenvalue weighted by Crippen LogP contribution is 2.29. The van der Waals surface area contributed by atoms with Gasteiger partial charge in [-0.1, -0.05) is 5.73 Å². The topological polar surface area (TPSA) is 50.3 Å². The van der Waals surface area contributed by atoms with Crippen molar-refractivity contribution in [2.24, 2.45) is 7.05 Å². The van der Waals surface area contributed by atoms with Gasteiger partial charge in [-0.05, 0) is 0 Å². The Morgan fingerprint density at radius 1 is 1.42 bits per heavy atom. The number of likely N-dealkylation sites (N-methyl/N-ethyl adjacent to an activating group) is 1. The second-order valence-corrected chi connectivity index (χ2v) is 4.13. The van der Waals surface area contributed by atoms with Gasteiger partial charge in [-0.2, -0.15) is 13.2 Å². The van der Waals surface area contributed by atoms with Crippen LogP contribution >= 0.6 is 0 Å². The van der Waals surface area contributed by atoms with Gasteiger partial charge in [0.2, 0.25) is 5.88 Å². The molecule has 0 atom stereocenters. The largest absolute Gasteiger partial charge is 0.471 e. The number of aromatic amines is 1. The summed E-state index contributed by atoms with van der Waals surface area (Å²) in [6.07, 6.45) is -3.63. The molecular weight excluding hydrogens is 263 g/mol. The van der Waals surface area contributed by atoms with Crippen LogP contribution in [0.4, 0.5) is 13.2 Å². The quantitative estimate of drug-likeness (QED) is 0.782. The molecule has 1 saturated heterocycles. The summed E-state index contributed by atoms with van der Waals surface area (Å²) in [5.74, 6) is 0.316. The number of halogens is 3. The first-order chi connectivity index (χ1) is 8.80. The molecule has 5 nitrogen and oxygen atoms in total. The Hall–Kier alpha value is -2.08. The first-order valence-electron chi connectivity index (χ1n) is 5.47. The third-order valence-electron chi connectivity index (χ3n) is 2.72. The maximum Gasteiger partial charge on any atom is 0.433 e. The van der Waals surface area contributed by atoms with E-state index in [-0.39, 0.29) is 0 Å². The predicted octanol–water partition coefficient (Wildman–Crippen LogP) is 1.15. The average molecular weight is 275 g/mol. The molecule has 0 unspecified atom stereocenters. The molecule has 0 bridgehead atoms. The number of rotatable bonds is 1. The Balaban J connectivity index is 2.51. The smallest absolute Gasteiger partial charge is 0.433 e. The molecule has 1 aromatic heterocycles. The third-order valence-corrected chi connectivity index (χ3v) is 2.72. The molecule has 104 valence electrons. The van der Waals surface area contributed by atoms with E-state index in [9.17, 15) is 18.0 Å². The molecule has 2 rings (SSSR count). The highest BCUT2D eigenvalue weighted by atomic mass is 19.4. The lowest BCUT2D eigenvalue weighted by Gasteiger charge is -2.05. The van der Waals surface area contributed by atoms with Gasteiger partial charge in [0.15, 0.2) is 0 Å². The second-order valence-electron chi connectivity index (χ2n) is 4.13. The fourth-order valence-electron chi connectivity index (χ4n) is 1.69. The van der Waals surface area contributed by atoms with Crippen LogP contribution in [0.3, 0.4) is 0 Å². The van der Waals surface area contributed by atoms with Crippen LogP contribution in [0.1, 0.15) is 11.3 Å². The van der Waals surface area contributed by atoms with Crippen LogP contribution in [0.2, 0.25) is 0 Å². The second kappa shape index (κ2) is 4.55. The molecule has 2 heterocycles. The normalized spacial score (nSPS) is 15.4. The van der Waals surface area contributed by atoms with Gasteiger partial charge in [-0.3, -0.25) is 14.6 Å². The zero-order valence-electron chi connectivity index (χ0n) is 10.3. The fourth-order valence-corrected chi connectivity index (χ4v) is 1.69. The summed E-state index contributed by atoms with van der Waals surface area (Å²) in [4.78, 5) is 13.3. The van der Waals surface area contributed by atoms with Crippen LogP contribution < -0.4 is 5.56 Å². The number of hydrogen-bond acceptors (Lipinski definition) is 3. The SMILES string of the molecule is CN1CCOC1=C=Cc1c(C(F)(F)F)[nH]n(C)c1=O. The van der Waals surface area contributed by atoms with Crippen molar-refractivity contribution in [3.05, 3.63) is 33.2 Å². The first-order valence-corrected chi connectivity index (χ1v) is 5.47. The van der Waals surface area contributed by atoms with Gasteiger partial charge in [0, 0.05) is 20.2 Å². The molecular formula is C11H12F3N3O2. The molecule has 1 aliphatic heterocycles. The molecule has 19 heavy (non-hydrogen) atoms. The Kier molecular flexibility index (Phi) is 3.20. The highest BCUT2D eigenvalue weighted by Gasteiger charge is 2.36. The van der Waals surface area contributed by atoms with Crippen molar-refractivity contribution in [1.29, 1.82) is 0 Å². The van der Waals surface area contributed by atoms with E-state index in [0.29, 0.717) is 19.0 Å². The zero-order valence-corrected chi connectivity index (χ0v) is 10.3. The maximum atomic E-state index is 12.7. The minimum atomic E-state index is -4.62. The summed E-state index contributed by atoms with van der Waals surface area (Å²) in [5, 5.41) is 1.98. The van der Waals surface area contributed by atoms with Crippen LogP contribution in [-0.4, -0.2) is 34.9 Å². The summed E-state index contributed by atoms with van der Waals surface area (Å²) in [6.45, 7) is 1.08. The van der Waals surface area contributed by atoms with Crippen LogP contribution in [0, 0.1) is 0 Å². The summed E-state index contributed by atoms with van der Waals surface area (Å²) in [5.41, 5.74) is 0.244. The Labute approximate surface area is 106 Å². The van der Waals surface area contributed by atoms with Crippen LogP contribution in [0.5, 0.6) is 0 Å². The van der Waals surface area contributed by atoms with Crippen molar-refractivity contribution < 1.29 is 17.9 Å². The van der Waals surface area contributed by atoms with Crippen molar-refractivity contribution in [2.45, 2.75) is 6.18 Å². The van der Waals surface area contributed by atoms with E-state index in [4.69, 9.17) is 4.74 Å². The fraction of sp³-hybridized carbons (Fsp3) is 0.455. The number of aromatic nitrogens is 2. The van der Waals surface area contributed by atoms with Crippen molar-refractivity contribution >= 4 is 6.08 Å². The number of ether oxygens (including phenoxy) is 1. The van der Waals surface area contributed by atoms with Gasteiger partial charge in [0.25, 0.3) is 5.56 Å². The maximum absolute atomic E-state index is 12.7. The number of nitrogens with zero attached hydrogens (tertiary/aromatic N) is 2. The summed E-state index contributed by atoms with van der Waals surface area (Å²) < 4.78 is 44.2. The Morgan fingerprint density at radius 2 is 2.11 bits per heavy atom. The summed E-state index contributed by atoms with van der Waals surface area (Å²) >= 11 is 0. The van der Waals surface area contributed by atoms with E-state index < -0.39 is 23.0 Å². The van der Waals surface area contributed by atoms with E-state index >= 15 is 0 Å². The van der Waals surface area contributed by atoms with Crippen molar-refractivity contribution in [3.8, 4) is 0 Å².